The molecule has 1 rings (SSSR count). The first-order valence-electron chi connectivity index (χ1n) is 6.16. The maximum atomic E-state index is 12.2. The van der Waals surface area contributed by atoms with Gasteiger partial charge in [-0.05, 0) is 25.0 Å². The Kier molecular flexibility index (Phi) is 5.66. The molecule has 0 N–H and O–H groups in total. The second-order valence-electron chi connectivity index (χ2n) is 4.32. The highest BCUT2D eigenvalue weighted by Crippen LogP contribution is 2.12. The zero-order chi connectivity index (χ0) is 14.4. The first-order chi connectivity index (χ1) is 8.95. The minimum Gasteiger partial charge on any atom is -0.461 e. The molecule has 0 aliphatic rings. The average molecular weight is 272 g/mol. The third kappa shape index (κ3) is 4.46. The lowest BCUT2D eigenvalue weighted by molar-refractivity contribution is 0.0495. The molecule has 0 amide bonds. The van der Waals surface area contributed by atoms with Gasteiger partial charge in [-0.2, -0.15) is 13.9 Å². The molecule has 0 saturated carbocycles. The second kappa shape index (κ2) is 7.01. The zero-order valence-electron chi connectivity index (χ0n) is 11.4. The van der Waals surface area contributed by atoms with Crippen LogP contribution < -0.4 is 0 Å². The number of nitrogens with zero attached hydrogens (tertiary/aromatic N) is 2. The molecule has 0 saturated heterocycles. The largest absolute Gasteiger partial charge is 0.461 e. The van der Waals surface area contributed by atoms with Gasteiger partial charge < -0.3 is 4.74 Å². The van der Waals surface area contributed by atoms with E-state index in [1.165, 1.54) is 11.6 Å². The third-order valence-electron chi connectivity index (χ3n) is 2.68. The molecule has 6 heteroatoms. The molecule has 0 aliphatic heterocycles. The third-order valence-corrected chi connectivity index (χ3v) is 2.68. The summed E-state index contributed by atoms with van der Waals surface area (Å²) in [6, 6.07) is 1.67. The molecule has 0 bridgehead atoms. The van der Waals surface area contributed by atoms with Crippen molar-refractivity contribution in [1.29, 1.82) is 0 Å². The van der Waals surface area contributed by atoms with Gasteiger partial charge in [0.25, 0.3) is 6.08 Å². The average Bonchev–Trinajstić information content (AvgIpc) is 2.70. The molecule has 0 unspecified atom stereocenters. The van der Waals surface area contributed by atoms with Crippen LogP contribution in [-0.2, 0) is 18.2 Å². The Morgan fingerprint density at radius 3 is 2.74 bits per heavy atom. The zero-order valence-corrected chi connectivity index (χ0v) is 11.4. The van der Waals surface area contributed by atoms with E-state index >= 15 is 0 Å². The predicted octanol–water partition coefficient (Wildman–Crippen LogP) is 3.09. The molecule has 1 aromatic heterocycles. The van der Waals surface area contributed by atoms with Gasteiger partial charge in [0.15, 0.2) is 0 Å². The number of hydrogen-bond donors (Lipinski definition) is 0. The van der Waals surface area contributed by atoms with Crippen LogP contribution in [0, 0.1) is 0 Å². The summed E-state index contributed by atoms with van der Waals surface area (Å²) in [6.07, 6.45) is 0.0384. The van der Waals surface area contributed by atoms with Crippen molar-refractivity contribution in [2.24, 2.45) is 7.05 Å². The molecular weight excluding hydrogens is 254 g/mol. The van der Waals surface area contributed by atoms with Crippen molar-refractivity contribution in [2.45, 2.75) is 33.1 Å². The maximum Gasteiger partial charge on any atom is 0.356 e. The van der Waals surface area contributed by atoms with Gasteiger partial charge in [-0.3, -0.25) is 4.68 Å². The van der Waals surface area contributed by atoms with E-state index in [1.807, 2.05) is 6.92 Å². The van der Waals surface area contributed by atoms with E-state index in [0.29, 0.717) is 5.69 Å². The van der Waals surface area contributed by atoms with Crippen LogP contribution in [0.2, 0.25) is 0 Å². The number of halogens is 2. The highest BCUT2D eigenvalue weighted by atomic mass is 19.3. The molecule has 0 aliphatic carbocycles. The van der Waals surface area contributed by atoms with E-state index in [2.05, 4.69) is 5.10 Å². The lowest BCUT2D eigenvalue weighted by Crippen LogP contribution is -2.11. The van der Waals surface area contributed by atoms with Crippen molar-refractivity contribution in [3.05, 3.63) is 29.1 Å². The molecule has 0 fully saturated rings. The standard InChI is InChI=1S/C13H18F2N2O2/c1-4-5-10-8-11(17(3)16-10)13(18)19-7-6-9(2)12(14)15/h8H,4-7H2,1-3H3. The fourth-order valence-electron chi connectivity index (χ4n) is 1.56. The molecule has 0 spiro atoms. The number of carbonyl (C=O) groups is 1. The molecule has 1 aromatic rings. The summed E-state index contributed by atoms with van der Waals surface area (Å²) in [7, 11) is 1.65. The number of carbonyl (C=O) groups excluding carboxylic acids is 1. The molecule has 19 heavy (non-hydrogen) atoms. The van der Waals surface area contributed by atoms with Crippen LogP contribution in [0.3, 0.4) is 0 Å². The first-order valence-corrected chi connectivity index (χ1v) is 6.16. The van der Waals surface area contributed by atoms with Crippen molar-refractivity contribution < 1.29 is 18.3 Å². The monoisotopic (exact) mass is 272 g/mol. The Labute approximate surface area is 111 Å². The van der Waals surface area contributed by atoms with E-state index in [-0.39, 0.29) is 18.6 Å². The van der Waals surface area contributed by atoms with Gasteiger partial charge in [0.1, 0.15) is 5.69 Å². The van der Waals surface area contributed by atoms with Crippen LogP contribution in [0.4, 0.5) is 8.78 Å². The fourth-order valence-corrected chi connectivity index (χ4v) is 1.56. The van der Waals surface area contributed by atoms with Crippen LogP contribution in [-0.4, -0.2) is 22.4 Å². The van der Waals surface area contributed by atoms with Gasteiger partial charge in [0.2, 0.25) is 0 Å². The Balaban J connectivity index is 2.56. The van der Waals surface area contributed by atoms with Gasteiger partial charge in [-0.15, -0.1) is 0 Å². The highest BCUT2D eigenvalue weighted by molar-refractivity contribution is 5.87. The summed E-state index contributed by atoms with van der Waals surface area (Å²) in [6.45, 7) is 3.27. The van der Waals surface area contributed by atoms with E-state index in [9.17, 15) is 13.6 Å². The summed E-state index contributed by atoms with van der Waals surface area (Å²) in [5, 5.41) is 4.18. The smallest absolute Gasteiger partial charge is 0.356 e. The van der Waals surface area contributed by atoms with Gasteiger partial charge >= 0.3 is 5.97 Å². The number of ether oxygens (including phenoxy) is 1. The minimum atomic E-state index is -1.72. The number of esters is 1. The van der Waals surface area contributed by atoms with Crippen LogP contribution in [0.5, 0.6) is 0 Å². The van der Waals surface area contributed by atoms with Gasteiger partial charge in [-0.25, -0.2) is 4.79 Å². The van der Waals surface area contributed by atoms with Crippen molar-refractivity contribution in [2.75, 3.05) is 6.61 Å². The van der Waals surface area contributed by atoms with E-state index < -0.39 is 12.0 Å². The Morgan fingerprint density at radius 2 is 2.16 bits per heavy atom. The summed E-state index contributed by atoms with van der Waals surface area (Å²) < 4.78 is 30.7. The lowest BCUT2D eigenvalue weighted by Gasteiger charge is -2.04. The van der Waals surface area contributed by atoms with E-state index in [0.717, 1.165) is 18.5 Å². The molecule has 4 nitrogen and oxygen atoms in total. The van der Waals surface area contributed by atoms with Gasteiger partial charge in [0, 0.05) is 13.5 Å². The molecule has 0 atom stereocenters. The lowest BCUT2D eigenvalue weighted by atomic mass is 10.2. The van der Waals surface area contributed by atoms with Gasteiger partial charge in [0.05, 0.1) is 12.3 Å². The summed E-state index contributed by atoms with van der Waals surface area (Å²) in [4.78, 5) is 11.7. The van der Waals surface area contributed by atoms with Crippen LogP contribution in [0.25, 0.3) is 0 Å². The van der Waals surface area contributed by atoms with E-state index in [4.69, 9.17) is 4.74 Å². The van der Waals surface area contributed by atoms with Gasteiger partial charge in [-0.1, -0.05) is 13.3 Å². The Morgan fingerprint density at radius 1 is 1.47 bits per heavy atom. The number of rotatable bonds is 6. The SMILES string of the molecule is CCCc1cc(C(=O)OCCC(C)=C(F)F)n(C)n1. The minimum absolute atomic E-state index is 0.0355. The number of aryl methyl sites for hydroxylation is 2. The second-order valence-corrected chi connectivity index (χ2v) is 4.32. The topological polar surface area (TPSA) is 44.1 Å². The first kappa shape index (κ1) is 15.3. The molecule has 1 heterocycles. The van der Waals surface area contributed by atoms with Crippen molar-refractivity contribution in [3.8, 4) is 0 Å². The summed E-state index contributed by atoms with van der Waals surface area (Å²) in [5.74, 6) is -0.538. The molecule has 0 aromatic carbocycles. The predicted molar refractivity (Wildman–Crippen MR) is 67.0 cm³/mol. The molecule has 106 valence electrons. The Bertz CT molecular complexity index is 477. The quantitative estimate of drug-likeness (QED) is 0.747. The molecular formula is C13H18F2N2O2. The van der Waals surface area contributed by atoms with Crippen LogP contribution in [0.1, 0.15) is 42.9 Å². The van der Waals surface area contributed by atoms with E-state index in [1.54, 1.807) is 13.1 Å². The molecule has 0 radical (unpaired) electrons. The maximum absolute atomic E-state index is 12.2. The van der Waals surface area contributed by atoms with Crippen molar-refractivity contribution in [3.63, 3.8) is 0 Å². The summed E-state index contributed by atoms with van der Waals surface area (Å²) in [5.41, 5.74) is 1.10. The van der Waals surface area contributed by atoms with Crippen molar-refractivity contribution >= 4 is 5.97 Å². The number of hydrogen-bond acceptors (Lipinski definition) is 3. The Hall–Kier alpha value is -1.72. The fraction of sp³-hybridized carbons (Fsp3) is 0.538. The highest BCUT2D eigenvalue weighted by Gasteiger charge is 2.14. The summed E-state index contributed by atoms with van der Waals surface area (Å²) >= 11 is 0. The van der Waals surface area contributed by atoms with Crippen molar-refractivity contribution in [1.82, 2.24) is 9.78 Å². The van der Waals surface area contributed by atoms with Crippen LogP contribution >= 0.6 is 0 Å². The number of aromatic nitrogens is 2. The van der Waals surface area contributed by atoms with Crippen LogP contribution in [0.15, 0.2) is 17.7 Å². The normalized spacial score (nSPS) is 10.4.